The molecule has 0 bridgehead atoms. The maximum Gasteiger partial charge on any atom is 0.256 e. The molecule has 8 heteroatoms. The second-order valence-electron chi connectivity index (χ2n) is 10.2. The molecule has 2 unspecified atom stereocenters. The van der Waals surface area contributed by atoms with Crippen molar-refractivity contribution in [2.24, 2.45) is 5.41 Å². The Kier molecular flexibility index (Phi) is 7.89. The van der Waals surface area contributed by atoms with Crippen molar-refractivity contribution >= 4 is 46.4 Å². The van der Waals surface area contributed by atoms with Crippen molar-refractivity contribution in [3.05, 3.63) is 93.5 Å². The Balaban J connectivity index is 1.73. The van der Waals surface area contributed by atoms with Crippen LogP contribution >= 0.6 is 23.2 Å². The molecule has 0 saturated carbocycles. The van der Waals surface area contributed by atoms with Gasteiger partial charge in [-0.25, -0.2) is 0 Å². The van der Waals surface area contributed by atoms with Crippen LogP contribution in [0.4, 0.5) is 11.4 Å². The number of amides is 2. The van der Waals surface area contributed by atoms with Gasteiger partial charge in [0.05, 0.1) is 18.1 Å². The van der Waals surface area contributed by atoms with Gasteiger partial charge in [0.2, 0.25) is 5.91 Å². The minimum Gasteiger partial charge on any atom is -0.355 e. The largest absolute Gasteiger partial charge is 0.355 e. The number of fused-ring (bicyclic) bond motifs is 1. The van der Waals surface area contributed by atoms with E-state index in [1.54, 1.807) is 47.4 Å². The van der Waals surface area contributed by atoms with Crippen LogP contribution in [0, 0.1) is 16.7 Å². The number of carbonyl (C=O) groups excluding carboxylic acids is 2. The molecule has 1 aliphatic heterocycles. The summed E-state index contributed by atoms with van der Waals surface area (Å²) in [7, 11) is 0. The molecule has 0 aliphatic carbocycles. The van der Waals surface area contributed by atoms with Crippen molar-refractivity contribution in [2.75, 3.05) is 16.8 Å². The number of hydrogen-bond acceptors (Lipinski definition) is 4. The molecule has 2 amide bonds. The second-order valence-corrected chi connectivity index (χ2v) is 11.0. The average Bonchev–Trinajstić information content (AvgIpc) is 2.94. The third kappa shape index (κ3) is 6.31. The number of carbonyl (C=O) groups is 2. The van der Waals surface area contributed by atoms with Gasteiger partial charge in [-0.05, 0) is 53.9 Å². The topological polar surface area (TPSA) is 82.4 Å². The molecular formula is C29H27Cl2N3O3. The van der Waals surface area contributed by atoms with E-state index in [0.29, 0.717) is 44.7 Å². The van der Waals surface area contributed by atoms with E-state index in [4.69, 9.17) is 33.2 Å². The summed E-state index contributed by atoms with van der Waals surface area (Å²) < 4.78 is 6.42. The first kappa shape index (κ1) is 26.7. The summed E-state index contributed by atoms with van der Waals surface area (Å²) in [4.78, 5) is 28.7. The van der Waals surface area contributed by atoms with Crippen LogP contribution in [-0.4, -0.2) is 24.5 Å². The molecule has 0 fully saturated rings. The van der Waals surface area contributed by atoms with Gasteiger partial charge in [-0.2, -0.15) is 5.26 Å². The first-order valence-corrected chi connectivity index (χ1v) is 12.6. The molecule has 2 atom stereocenters. The Morgan fingerprint density at radius 3 is 2.41 bits per heavy atom. The summed E-state index contributed by atoms with van der Waals surface area (Å²) in [5.41, 5.74) is 2.83. The van der Waals surface area contributed by atoms with Crippen LogP contribution in [0.3, 0.4) is 0 Å². The highest BCUT2D eigenvalue weighted by atomic mass is 35.5. The average molecular weight is 536 g/mol. The minimum atomic E-state index is -1.08. The molecule has 0 spiro atoms. The smallest absolute Gasteiger partial charge is 0.256 e. The Bertz CT molecular complexity index is 1360. The van der Waals surface area contributed by atoms with Crippen LogP contribution in [0.1, 0.15) is 50.0 Å². The molecule has 3 aromatic rings. The number of anilines is 2. The Morgan fingerprint density at radius 1 is 1.05 bits per heavy atom. The Hall–Kier alpha value is -3.37. The number of nitrogens with one attached hydrogen (secondary N) is 1. The lowest BCUT2D eigenvalue weighted by molar-refractivity contribution is -0.136. The fraction of sp³-hybridized carbons (Fsp3) is 0.276. The fourth-order valence-electron chi connectivity index (χ4n) is 4.28. The van der Waals surface area contributed by atoms with Gasteiger partial charge in [0.15, 0.2) is 0 Å². The molecule has 0 aromatic heterocycles. The van der Waals surface area contributed by atoms with Gasteiger partial charge in [-0.3, -0.25) is 9.59 Å². The summed E-state index contributed by atoms with van der Waals surface area (Å²) >= 11 is 13.0. The van der Waals surface area contributed by atoms with Crippen molar-refractivity contribution in [3.8, 4) is 6.07 Å². The molecule has 1 heterocycles. The van der Waals surface area contributed by atoms with Crippen LogP contribution in [0.5, 0.6) is 0 Å². The Labute approximate surface area is 226 Å². The highest BCUT2D eigenvalue weighted by Crippen LogP contribution is 2.42. The minimum absolute atomic E-state index is 0.206. The van der Waals surface area contributed by atoms with E-state index in [1.165, 1.54) is 0 Å². The number of halogens is 2. The van der Waals surface area contributed by atoms with E-state index < -0.39 is 12.2 Å². The van der Waals surface area contributed by atoms with E-state index in [-0.39, 0.29) is 23.7 Å². The van der Waals surface area contributed by atoms with Gasteiger partial charge >= 0.3 is 0 Å². The number of nitriles is 1. The quantitative estimate of drug-likeness (QED) is 0.391. The van der Waals surface area contributed by atoms with Gasteiger partial charge in [0.25, 0.3) is 5.91 Å². The first-order chi connectivity index (χ1) is 17.6. The van der Waals surface area contributed by atoms with E-state index in [1.807, 2.05) is 51.1 Å². The third-order valence-electron chi connectivity index (χ3n) is 5.89. The van der Waals surface area contributed by atoms with Crippen molar-refractivity contribution in [3.63, 3.8) is 0 Å². The van der Waals surface area contributed by atoms with E-state index in [0.717, 1.165) is 0 Å². The molecule has 0 radical (unpaired) electrons. The zero-order valence-electron chi connectivity index (χ0n) is 20.8. The molecule has 3 aromatic carbocycles. The van der Waals surface area contributed by atoms with Crippen LogP contribution < -0.4 is 10.2 Å². The van der Waals surface area contributed by atoms with Crippen LogP contribution in [-0.2, 0) is 14.3 Å². The van der Waals surface area contributed by atoms with Gasteiger partial charge in [-0.15, -0.1) is 0 Å². The summed E-state index contributed by atoms with van der Waals surface area (Å²) in [6.07, 6.45) is -2.00. The predicted octanol–water partition coefficient (Wildman–Crippen LogP) is 6.76. The summed E-state index contributed by atoms with van der Waals surface area (Å²) in [6.45, 7) is 6.53. The zero-order chi connectivity index (χ0) is 26.7. The molecular weight excluding hydrogens is 509 g/mol. The van der Waals surface area contributed by atoms with Gasteiger partial charge in [-0.1, -0.05) is 62.2 Å². The lowest BCUT2D eigenvalue weighted by Gasteiger charge is -2.31. The van der Waals surface area contributed by atoms with Gasteiger partial charge < -0.3 is 15.0 Å². The highest BCUT2D eigenvalue weighted by Gasteiger charge is 2.39. The van der Waals surface area contributed by atoms with Crippen molar-refractivity contribution < 1.29 is 14.3 Å². The van der Waals surface area contributed by atoms with Gasteiger partial charge in [0, 0.05) is 39.1 Å². The Morgan fingerprint density at radius 2 is 1.76 bits per heavy atom. The normalized spacial score (nSPS) is 17.5. The maximum absolute atomic E-state index is 13.9. The maximum atomic E-state index is 13.9. The summed E-state index contributed by atoms with van der Waals surface area (Å²) in [5, 5.41) is 12.8. The monoisotopic (exact) mass is 535 g/mol. The number of rotatable bonds is 5. The number of benzene rings is 3. The summed E-state index contributed by atoms with van der Waals surface area (Å²) in [5.74, 6) is -0.705. The first-order valence-electron chi connectivity index (χ1n) is 11.9. The lowest BCUT2D eigenvalue weighted by atomic mass is 9.94. The number of ether oxygens (including phenoxy) is 1. The standard InChI is InChI=1S/C29H27Cl2N3O3/c1-29(2,3)17-34-24-13-10-19(30)14-22(24)27(21-6-4-5-7-23(21)31)37-25(28(34)36)15-26(35)33-20-11-8-18(16-32)9-12-20/h4-14,25,27H,15,17H2,1-3H3,(H,33,35). The van der Waals surface area contributed by atoms with Crippen molar-refractivity contribution in [1.29, 1.82) is 5.26 Å². The van der Waals surface area contributed by atoms with E-state index in [2.05, 4.69) is 5.32 Å². The molecule has 190 valence electrons. The van der Waals surface area contributed by atoms with E-state index in [9.17, 15) is 9.59 Å². The SMILES string of the molecule is CC(C)(C)CN1C(=O)C(CC(=O)Nc2ccc(C#N)cc2)OC(c2ccccc2Cl)c2cc(Cl)ccc21. The summed E-state index contributed by atoms with van der Waals surface area (Å²) in [6, 6.07) is 21.2. The van der Waals surface area contributed by atoms with Crippen LogP contribution in [0.15, 0.2) is 66.7 Å². The zero-order valence-corrected chi connectivity index (χ0v) is 22.3. The van der Waals surface area contributed by atoms with Crippen LogP contribution in [0.2, 0.25) is 10.0 Å². The second kappa shape index (κ2) is 10.9. The van der Waals surface area contributed by atoms with Crippen molar-refractivity contribution in [2.45, 2.75) is 39.4 Å². The molecule has 1 aliphatic rings. The third-order valence-corrected chi connectivity index (χ3v) is 6.47. The van der Waals surface area contributed by atoms with Crippen molar-refractivity contribution in [1.82, 2.24) is 0 Å². The number of hydrogen-bond donors (Lipinski definition) is 1. The predicted molar refractivity (Wildman–Crippen MR) is 146 cm³/mol. The molecule has 1 N–H and O–H groups in total. The molecule has 37 heavy (non-hydrogen) atoms. The lowest BCUT2D eigenvalue weighted by Crippen LogP contribution is -2.44. The van der Waals surface area contributed by atoms with E-state index >= 15 is 0 Å². The van der Waals surface area contributed by atoms with Gasteiger partial charge in [0.1, 0.15) is 12.2 Å². The highest BCUT2D eigenvalue weighted by molar-refractivity contribution is 6.31. The fourth-order valence-corrected chi connectivity index (χ4v) is 4.69. The van der Waals surface area contributed by atoms with Crippen LogP contribution in [0.25, 0.3) is 0 Å². The molecule has 0 saturated heterocycles. The molecule has 4 rings (SSSR count). The number of nitrogens with zero attached hydrogens (tertiary/aromatic N) is 2. The molecule has 6 nitrogen and oxygen atoms in total.